The van der Waals surface area contributed by atoms with Crippen molar-refractivity contribution in [3.05, 3.63) is 33.8 Å². The third-order valence-electron chi connectivity index (χ3n) is 1.73. The molecule has 0 aromatic heterocycles. The SMILES string of the molecule is N#Cc1cc(Cl)cc(CBr)c1C(F)(F)F. The van der Waals surface area contributed by atoms with Crippen LogP contribution in [0, 0.1) is 11.3 Å². The lowest BCUT2D eigenvalue weighted by molar-refractivity contribution is -0.138. The Balaban J connectivity index is 3.53. The summed E-state index contributed by atoms with van der Waals surface area (Å²) < 4.78 is 37.8. The summed E-state index contributed by atoms with van der Waals surface area (Å²) in [4.78, 5) is 0. The Morgan fingerprint density at radius 2 is 2.00 bits per heavy atom. The van der Waals surface area contributed by atoms with Crippen LogP contribution in [0.1, 0.15) is 16.7 Å². The topological polar surface area (TPSA) is 23.8 Å². The summed E-state index contributed by atoms with van der Waals surface area (Å²) in [5.41, 5.74) is -1.41. The van der Waals surface area contributed by atoms with Crippen LogP contribution in [0.5, 0.6) is 0 Å². The minimum absolute atomic E-state index is 0.00289. The maximum Gasteiger partial charge on any atom is 0.417 e. The molecule has 0 aliphatic carbocycles. The first-order chi connectivity index (χ1) is 6.90. The van der Waals surface area contributed by atoms with E-state index in [-0.39, 0.29) is 15.9 Å². The first kappa shape index (κ1) is 12.3. The highest BCUT2D eigenvalue weighted by Gasteiger charge is 2.36. The summed E-state index contributed by atoms with van der Waals surface area (Å²) in [5.74, 6) is 0. The molecular weight excluding hydrogens is 294 g/mol. The van der Waals surface area contributed by atoms with E-state index in [1.54, 1.807) is 0 Å². The summed E-state index contributed by atoms with van der Waals surface area (Å²) >= 11 is 8.52. The largest absolute Gasteiger partial charge is 0.417 e. The van der Waals surface area contributed by atoms with E-state index >= 15 is 0 Å². The Bertz CT molecular complexity index is 423. The monoisotopic (exact) mass is 297 g/mol. The van der Waals surface area contributed by atoms with E-state index in [0.717, 1.165) is 6.07 Å². The number of benzene rings is 1. The van der Waals surface area contributed by atoms with Gasteiger partial charge in [0.2, 0.25) is 0 Å². The molecule has 0 fully saturated rings. The van der Waals surface area contributed by atoms with E-state index in [1.165, 1.54) is 12.1 Å². The molecule has 0 saturated carbocycles. The molecule has 0 atom stereocenters. The minimum atomic E-state index is -4.54. The van der Waals surface area contributed by atoms with E-state index in [2.05, 4.69) is 15.9 Å². The van der Waals surface area contributed by atoms with Crippen molar-refractivity contribution < 1.29 is 13.2 Å². The van der Waals surface area contributed by atoms with E-state index in [9.17, 15) is 13.2 Å². The molecule has 0 aliphatic rings. The van der Waals surface area contributed by atoms with Crippen molar-refractivity contribution in [2.45, 2.75) is 11.5 Å². The minimum Gasteiger partial charge on any atom is -0.192 e. The smallest absolute Gasteiger partial charge is 0.192 e. The fourth-order valence-corrected chi connectivity index (χ4v) is 1.87. The van der Waals surface area contributed by atoms with E-state index in [4.69, 9.17) is 16.9 Å². The number of halogens is 5. The van der Waals surface area contributed by atoms with Crippen molar-refractivity contribution in [2.24, 2.45) is 0 Å². The van der Waals surface area contributed by atoms with Gasteiger partial charge in [0.1, 0.15) is 0 Å². The molecule has 1 aromatic carbocycles. The molecular formula is C9H4BrClF3N. The van der Waals surface area contributed by atoms with Crippen LogP contribution in [-0.2, 0) is 11.5 Å². The Hall–Kier alpha value is -0.730. The van der Waals surface area contributed by atoms with Gasteiger partial charge in [-0.15, -0.1) is 0 Å². The Labute approximate surface area is 97.6 Å². The van der Waals surface area contributed by atoms with Crippen LogP contribution in [0.15, 0.2) is 12.1 Å². The second-order valence-corrected chi connectivity index (χ2v) is 3.73. The highest BCUT2D eigenvalue weighted by atomic mass is 79.9. The van der Waals surface area contributed by atoms with Gasteiger partial charge in [-0.05, 0) is 17.7 Å². The molecule has 0 amide bonds. The van der Waals surface area contributed by atoms with Crippen LogP contribution < -0.4 is 0 Å². The van der Waals surface area contributed by atoms with Crippen molar-refractivity contribution in [3.63, 3.8) is 0 Å². The summed E-state index contributed by atoms with van der Waals surface area (Å²) in [6, 6.07) is 3.70. The van der Waals surface area contributed by atoms with Gasteiger partial charge in [0, 0.05) is 10.4 Å². The van der Waals surface area contributed by atoms with Gasteiger partial charge < -0.3 is 0 Å². The fraction of sp³-hybridized carbons (Fsp3) is 0.222. The summed E-state index contributed by atoms with van der Waals surface area (Å²) in [6.07, 6.45) is -4.54. The van der Waals surface area contributed by atoms with Crippen molar-refractivity contribution in [1.29, 1.82) is 5.26 Å². The molecule has 0 unspecified atom stereocenters. The zero-order valence-corrected chi connectivity index (χ0v) is 9.54. The van der Waals surface area contributed by atoms with E-state index < -0.39 is 17.3 Å². The van der Waals surface area contributed by atoms with Crippen molar-refractivity contribution >= 4 is 27.5 Å². The standard InChI is InChI=1S/C9H4BrClF3N/c10-3-5-1-7(11)2-6(4-15)8(5)9(12,13)14/h1-2H,3H2. The molecule has 0 radical (unpaired) electrons. The van der Waals surface area contributed by atoms with Crippen LogP contribution in [0.3, 0.4) is 0 Å². The van der Waals surface area contributed by atoms with Gasteiger partial charge in [-0.2, -0.15) is 18.4 Å². The number of alkyl halides is 4. The van der Waals surface area contributed by atoms with Gasteiger partial charge in [-0.25, -0.2) is 0 Å². The summed E-state index contributed by atoms with van der Waals surface area (Å²) in [7, 11) is 0. The molecule has 0 bridgehead atoms. The van der Waals surface area contributed by atoms with Gasteiger partial charge in [-0.1, -0.05) is 27.5 Å². The zero-order valence-electron chi connectivity index (χ0n) is 7.20. The predicted octanol–water partition coefficient (Wildman–Crippen LogP) is 4.13. The van der Waals surface area contributed by atoms with Gasteiger partial charge in [0.25, 0.3) is 0 Å². The molecule has 1 rings (SSSR count). The average Bonchev–Trinajstić information content (AvgIpc) is 2.14. The van der Waals surface area contributed by atoms with Crippen LogP contribution in [0.2, 0.25) is 5.02 Å². The third kappa shape index (κ3) is 2.64. The molecule has 80 valence electrons. The third-order valence-corrected chi connectivity index (χ3v) is 2.56. The molecule has 15 heavy (non-hydrogen) atoms. The summed E-state index contributed by atoms with van der Waals surface area (Å²) in [6.45, 7) is 0. The van der Waals surface area contributed by atoms with E-state index in [1.807, 2.05) is 0 Å². The number of hydrogen-bond donors (Lipinski definition) is 0. The number of nitriles is 1. The Kier molecular flexibility index (Phi) is 3.63. The molecule has 6 heteroatoms. The number of nitrogens with zero attached hydrogens (tertiary/aromatic N) is 1. The van der Waals surface area contributed by atoms with Crippen molar-refractivity contribution in [1.82, 2.24) is 0 Å². The Morgan fingerprint density at radius 3 is 2.40 bits per heavy atom. The maximum absolute atomic E-state index is 12.6. The van der Waals surface area contributed by atoms with Gasteiger partial charge in [0.15, 0.2) is 0 Å². The lowest BCUT2D eigenvalue weighted by Gasteiger charge is -2.13. The number of hydrogen-bond acceptors (Lipinski definition) is 1. The van der Waals surface area contributed by atoms with Gasteiger partial charge in [0.05, 0.1) is 17.2 Å². The quantitative estimate of drug-likeness (QED) is 0.715. The van der Waals surface area contributed by atoms with Crippen LogP contribution in [-0.4, -0.2) is 0 Å². The van der Waals surface area contributed by atoms with Crippen LogP contribution in [0.4, 0.5) is 13.2 Å². The number of rotatable bonds is 1. The zero-order chi connectivity index (χ0) is 11.6. The first-order valence-corrected chi connectivity index (χ1v) is 5.25. The highest BCUT2D eigenvalue weighted by molar-refractivity contribution is 9.08. The molecule has 1 nitrogen and oxygen atoms in total. The molecule has 0 heterocycles. The average molecular weight is 298 g/mol. The van der Waals surface area contributed by atoms with E-state index in [0.29, 0.717) is 0 Å². The molecule has 0 saturated heterocycles. The summed E-state index contributed by atoms with van der Waals surface area (Å²) in [5, 5.41) is 8.72. The molecule has 0 aliphatic heterocycles. The fourth-order valence-electron chi connectivity index (χ4n) is 1.19. The van der Waals surface area contributed by atoms with Crippen molar-refractivity contribution in [2.75, 3.05) is 0 Å². The Morgan fingerprint density at radius 1 is 1.40 bits per heavy atom. The van der Waals surface area contributed by atoms with Crippen LogP contribution in [0.25, 0.3) is 0 Å². The second kappa shape index (κ2) is 4.42. The lowest BCUT2D eigenvalue weighted by atomic mass is 10.0. The van der Waals surface area contributed by atoms with Gasteiger partial charge in [-0.3, -0.25) is 0 Å². The van der Waals surface area contributed by atoms with Crippen molar-refractivity contribution in [3.8, 4) is 6.07 Å². The molecule has 1 aromatic rings. The highest BCUT2D eigenvalue weighted by Crippen LogP contribution is 2.36. The molecule has 0 spiro atoms. The van der Waals surface area contributed by atoms with Crippen LogP contribution >= 0.6 is 27.5 Å². The first-order valence-electron chi connectivity index (χ1n) is 3.76. The maximum atomic E-state index is 12.6. The predicted molar refractivity (Wildman–Crippen MR) is 53.8 cm³/mol. The lowest BCUT2D eigenvalue weighted by Crippen LogP contribution is -2.11. The molecule has 0 N–H and O–H groups in total. The van der Waals surface area contributed by atoms with Gasteiger partial charge >= 0.3 is 6.18 Å². The normalized spacial score (nSPS) is 11.2. The second-order valence-electron chi connectivity index (χ2n) is 2.73.